The third kappa shape index (κ3) is 7.71. The number of rotatable bonds is 11. The van der Waals surface area contributed by atoms with Gasteiger partial charge in [0.1, 0.15) is 5.75 Å². The number of piperidine rings is 1. The van der Waals surface area contributed by atoms with Crippen LogP contribution in [0, 0.1) is 0 Å². The van der Waals surface area contributed by atoms with E-state index in [0.29, 0.717) is 31.5 Å². The molecule has 1 N–H and O–H groups in total. The van der Waals surface area contributed by atoms with Gasteiger partial charge in [0, 0.05) is 26.2 Å². The summed E-state index contributed by atoms with van der Waals surface area (Å²) in [5.41, 5.74) is 1.31. The number of aryl methyl sites for hydroxylation is 1. The standard InChI is InChI=1S/C23H33N5O3/c1-3-30-22(29)12-11-21-25-23(27(2)26-21)24-13-8-16-31-20-10-7-9-19(17-20)18-28-14-5-4-6-15-28/h7,9-12,17H,3-6,8,13-16,18H2,1-2H3,(H,24,25,26). The molecule has 0 radical (unpaired) electrons. The number of hydrogen-bond donors (Lipinski definition) is 1. The van der Waals surface area contributed by atoms with Gasteiger partial charge in [0.2, 0.25) is 5.95 Å². The SMILES string of the molecule is CCOC(=O)C=Cc1nc(NCCCOc2cccc(CN3CCCCC3)c2)n(C)n1. The fourth-order valence-corrected chi connectivity index (χ4v) is 3.53. The Hall–Kier alpha value is -2.87. The van der Waals surface area contributed by atoms with Gasteiger partial charge in [-0.25, -0.2) is 9.48 Å². The van der Waals surface area contributed by atoms with E-state index in [1.54, 1.807) is 24.7 Å². The Balaban J connectivity index is 1.38. The first-order valence-corrected chi connectivity index (χ1v) is 11.1. The molecule has 3 rings (SSSR count). The predicted molar refractivity (Wildman–Crippen MR) is 121 cm³/mol. The number of nitrogens with zero attached hydrogens (tertiary/aromatic N) is 4. The Kier molecular flexibility index (Phi) is 8.90. The number of carbonyl (C=O) groups excluding carboxylic acids is 1. The highest BCUT2D eigenvalue weighted by atomic mass is 16.5. The van der Waals surface area contributed by atoms with Crippen molar-refractivity contribution < 1.29 is 14.3 Å². The average molecular weight is 428 g/mol. The lowest BCUT2D eigenvalue weighted by Crippen LogP contribution is -2.29. The van der Waals surface area contributed by atoms with Crippen LogP contribution >= 0.6 is 0 Å². The molecule has 0 bridgehead atoms. The number of anilines is 1. The van der Waals surface area contributed by atoms with Gasteiger partial charge in [0.05, 0.1) is 13.2 Å². The monoisotopic (exact) mass is 427 g/mol. The molecule has 0 spiro atoms. The Morgan fingerprint density at radius 1 is 1.26 bits per heavy atom. The van der Waals surface area contributed by atoms with E-state index in [1.165, 1.54) is 44.0 Å². The molecule has 0 amide bonds. The highest BCUT2D eigenvalue weighted by Crippen LogP contribution is 2.17. The van der Waals surface area contributed by atoms with Crippen molar-refractivity contribution in [3.8, 4) is 5.75 Å². The van der Waals surface area contributed by atoms with Crippen LogP contribution in [0.1, 0.15) is 44.0 Å². The molecule has 1 fully saturated rings. The summed E-state index contributed by atoms with van der Waals surface area (Å²) in [5.74, 6) is 1.62. The van der Waals surface area contributed by atoms with Crippen LogP contribution in [0.2, 0.25) is 0 Å². The number of likely N-dealkylation sites (tertiary alicyclic amines) is 1. The second-order valence-corrected chi connectivity index (χ2v) is 7.62. The largest absolute Gasteiger partial charge is 0.494 e. The van der Waals surface area contributed by atoms with Gasteiger partial charge in [0.25, 0.3) is 0 Å². The van der Waals surface area contributed by atoms with E-state index < -0.39 is 5.97 Å². The fraction of sp³-hybridized carbons (Fsp3) is 0.522. The van der Waals surface area contributed by atoms with Gasteiger partial charge in [-0.3, -0.25) is 4.90 Å². The third-order valence-electron chi connectivity index (χ3n) is 5.06. The number of carbonyl (C=O) groups is 1. The zero-order chi connectivity index (χ0) is 21.9. The van der Waals surface area contributed by atoms with E-state index in [-0.39, 0.29) is 0 Å². The Morgan fingerprint density at radius 3 is 2.90 bits per heavy atom. The number of aromatic nitrogens is 3. The van der Waals surface area contributed by atoms with Crippen molar-refractivity contribution in [1.82, 2.24) is 19.7 Å². The normalized spacial score (nSPS) is 14.6. The molecule has 0 unspecified atom stereocenters. The minimum atomic E-state index is -0.401. The molecule has 8 heteroatoms. The molecule has 0 aliphatic carbocycles. The average Bonchev–Trinajstić information content (AvgIpc) is 3.13. The molecule has 8 nitrogen and oxygen atoms in total. The van der Waals surface area contributed by atoms with Crippen LogP contribution in [0.15, 0.2) is 30.3 Å². The van der Waals surface area contributed by atoms with E-state index in [9.17, 15) is 4.79 Å². The minimum absolute atomic E-state index is 0.344. The second-order valence-electron chi connectivity index (χ2n) is 7.62. The predicted octanol–water partition coefficient (Wildman–Crippen LogP) is 3.26. The molecule has 1 saturated heterocycles. The second kappa shape index (κ2) is 12.1. The van der Waals surface area contributed by atoms with Gasteiger partial charge < -0.3 is 14.8 Å². The number of benzene rings is 1. The molecule has 168 valence electrons. The molecule has 31 heavy (non-hydrogen) atoms. The van der Waals surface area contributed by atoms with Crippen molar-refractivity contribution in [2.24, 2.45) is 7.05 Å². The number of ether oxygens (including phenoxy) is 2. The molecule has 2 heterocycles. The highest BCUT2D eigenvalue weighted by Gasteiger charge is 2.10. The van der Waals surface area contributed by atoms with E-state index >= 15 is 0 Å². The molecular weight excluding hydrogens is 394 g/mol. The van der Waals surface area contributed by atoms with E-state index in [1.807, 2.05) is 6.07 Å². The summed E-state index contributed by atoms with van der Waals surface area (Å²) < 4.78 is 12.4. The lowest BCUT2D eigenvalue weighted by Gasteiger charge is -2.26. The van der Waals surface area contributed by atoms with Crippen LogP contribution < -0.4 is 10.1 Å². The number of nitrogens with one attached hydrogen (secondary N) is 1. The van der Waals surface area contributed by atoms with Crippen molar-refractivity contribution in [2.45, 2.75) is 39.2 Å². The van der Waals surface area contributed by atoms with Crippen LogP contribution in [0.5, 0.6) is 5.75 Å². The molecule has 0 atom stereocenters. The number of hydrogen-bond acceptors (Lipinski definition) is 7. The van der Waals surface area contributed by atoms with Gasteiger partial charge in [-0.05, 0) is 63.0 Å². The molecule has 2 aromatic rings. The molecule has 0 saturated carbocycles. The lowest BCUT2D eigenvalue weighted by atomic mass is 10.1. The first-order valence-electron chi connectivity index (χ1n) is 11.1. The van der Waals surface area contributed by atoms with Crippen molar-refractivity contribution >= 4 is 18.0 Å². The summed E-state index contributed by atoms with van der Waals surface area (Å²) in [7, 11) is 1.81. The lowest BCUT2D eigenvalue weighted by molar-refractivity contribution is -0.137. The first-order chi connectivity index (χ1) is 15.1. The third-order valence-corrected chi connectivity index (χ3v) is 5.06. The van der Waals surface area contributed by atoms with E-state index in [4.69, 9.17) is 9.47 Å². The van der Waals surface area contributed by atoms with Gasteiger partial charge in [-0.15, -0.1) is 0 Å². The van der Waals surface area contributed by atoms with E-state index in [2.05, 4.69) is 38.5 Å². The van der Waals surface area contributed by atoms with Crippen molar-refractivity contribution in [2.75, 3.05) is 38.2 Å². The molecule has 1 aromatic carbocycles. The minimum Gasteiger partial charge on any atom is -0.494 e. The van der Waals surface area contributed by atoms with Crippen molar-refractivity contribution in [3.63, 3.8) is 0 Å². The Bertz CT molecular complexity index is 859. The molecular formula is C23H33N5O3. The maximum Gasteiger partial charge on any atom is 0.330 e. The highest BCUT2D eigenvalue weighted by molar-refractivity contribution is 5.86. The molecule has 1 aliphatic rings. The molecule has 1 aliphatic heterocycles. The van der Waals surface area contributed by atoms with Crippen LogP contribution in [0.3, 0.4) is 0 Å². The summed E-state index contributed by atoms with van der Waals surface area (Å²) in [6.07, 6.45) is 7.67. The topological polar surface area (TPSA) is 81.5 Å². The summed E-state index contributed by atoms with van der Waals surface area (Å²) in [6.45, 7) is 6.82. The zero-order valence-electron chi connectivity index (χ0n) is 18.5. The molecule has 1 aromatic heterocycles. The maximum atomic E-state index is 11.4. The van der Waals surface area contributed by atoms with Gasteiger partial charge >= 0.3 is 5.97 Å². The smallest absolute Gasteiger partial charge is 0.330 e. The van der Waals surface area contributed by atoms with Gasteiger partial charge in [-0.1, -0.05) is 18.6 Å². The van der Waals surface area contributed by atoms with Crippen molar-refractivity contribution in [1.29, 1.82) is 0 Å². The maximum absolute atomic E-state index is 11.4. The quantitative estimate of drug-likeness (QED) is 0.335. The van der Waals surface area contributed by atoms with Gasteiger partial charge in [-0.2, -0.15) is 10.1 Å². The summed E-state index contributed by atoms with van der Waals surface area (Å²) in [5, 5.41) is 7.51. The van der Waals surface area contributed by atoms with E-state index in [0.717, 1.165) is 18.7 Å². The first kappa shape index (κ1) is 22.8. The summed E-state index contributed by atoms with van der Waals surface area (Å²) >= 11 is 0. The number of esters is 1. The summed E-state index contributed by atoms with van der Waals surface area (Å²) in [6, 6.07) is 8.40. The zero-order valence-corrected chi connectivity index (χ0v) is 18.5. The van der Waals surface area contributed by atoms with Gasteiger partial charge in [0.15, 0.2) is 5.82 Å². The van der Waals surface area contributed by atoms with Crippen LogP contribution in [0.25, 0.3) is 6.08 Å². The van der Waals surface area contributed by atoms with Crippen molar-refractivity contribution in [3.05, 3.63) is 41.7 Å². The fourth-order valence-electron chi connectivity index (χ4n) is 3.53. The summed E-state index contributed by atoms with van der Waals surface area (Å²) in [4.78, 5) is 18.3. The Morgan fingerprint density at radius 2 is 2.10 bits per heavy atom. The Labute approximate surface area is 184 Å². The van der Waals surface area contributed by atoms with Crippen LogP contribution in [-0.4, -0.2) is 58.5 Å². The van der Waals surface area contributed by atoms with Crippen LogP contribution in [-0.2, 0) is 23.1 Å². The van der Waals surface area contributed by atoms with Crippen LogP contribution in [0.4, 0.5) is 5.95 Å².